The maximum Gasteiger partial charge on any atom is 0.338 e. The molecule has 0 fully saturated rings. The van der Waals surface area contributed by atoms with E-state index < -0.39 is 12.0 Å². The SMILES string of the molecule is CCOC(=O)C1=C(C)N=c2s/c(=C\c3ccc4[nH]c5ccccc5c4c3)c(=O)n2[C@H]1c1ccccc1OCC. The van der Waals surface area contributed by atoms with Crippen molar-refractivity contribution < 1.29 is 14.3 Å². The van der Waals surface area contributed by atoms with Crippen molar-refractivity contribution in [2.75, 3.05) is 13.2 Å². The average Bonchev–Trinajstić information content (AvgIpc) is 3.45. The molecular weight excluding hydrogens is 510 g/mol. The molecule has 39 heavy (non-hydrogen) atoms. The lowest BCUT2D eigenvalue weighted by Gasteiger charge is -2.26. The molecule has 8 heteroatoms. The molecule has 5 aromatic rings. The van der Waals surface area contributed by atoms with Crippen LogP contribution in [0.5, 0.6) is 5.75 Å². The molecule has 1 atom stereocenters. The fraction of sp³-hybridized carbons (Fsp3) is 0.194. The number of aromatic amines is 1. The standard InChI is InChI=1S/C31H27N3O4S/c1-4-37-25-13-9-7-11-21(25)28-27(30(36)38-5-2)18(3)32-31-34(28)29(35)26(39-31)17-19-14-15-24-22(16-19)20-10-6-8-12-23(20)33-24/h6-17,28,33H,4-5H2,1-3H3/b26-17-/t28-/m0/s1. The van der Waals surface area contributed by atoms with Crippen molar-refractivity contribution in [3.8, 4) is 5.75 Å². The van der Waals surface area contributed by atoms with E-state index in [1.165, 1.54) is 11.3 Å². The molecule has 0 saturated carbocycles. The Balaban J connectivity index is 1.56. The molecule has 6 rings (SSSR count). The summed E-state index contributed by atoms with van der Waals surface area (Å²) in [6.45, 7) is 6.11. The summed E-state index contributed by atoms with van der Waals surface area (Å²) in [5, 5.41) is 2.22. The number of ether oxygens (including phenoxy) is 2. The Bertz CT molecular complexity index is 1960. The molecule has 0 amide bonds. The normalized spacial score (nSPS) is 15.5. The molecule has 0 aliphatic carbocycles. The van der Waals surface area contributed by atoms with Gasteiger partial charge in [-0.1, -0.05) is 53.8 Å². The van der Waals surface area contributed by atoms with E-state index in [1.54, 1.807) is 18.4 Å². The maximum atomic E-state index is 14.0. The molecule has 7 nitrogen and oxygen atoms in total. The first-order chi connectivity index (χ1) is 19.0. The van der Waals surface area contributed by atoms with Crippen LogP contribution in [0.2, 0.25) is 0 Å². The van der Waals surface area contributed by atoms with Crippen LogP contribution in [0.1, 0.15) is 37.9 Å². The lowest BCUT2D eigenvalue weighted by molar-refractivity contribution is -0.139. The van der Waals surface area contributed by atoms with Gasteiger partial charge in [-0.05, 0) is 56.7 Å². The van der Waals surface area contributed by atoms with Crippen LogP contribution in [-0.2, 0) is 9.53 Å². The molecule has 0 unspecified atom stereocenters. The Morgan fingerprint density at radius 2 is 1.79 bits per heavy atom. The summed E-state index contributed by atoms with van der Waals surface area (Å²) in [6.07, 6.45) is 1.89. The first kappa shape index (κ1) is 24.9. The minimum atomic E-state index is -0.721. The number of nitrogens with one attached hydrogen (secondary N) is 1. The van der Waals surface area contributed by atoms with Gasteiger partial charge in [0.15, 0.2) is 4.80 Å². The van der Waals surface area contributed by atoms with Crippen molar-refractivity contribution in [3.63, 3.8) is 0 Å². The Kier molecular flexibility index (Phi) is 6.40. The van der Waals surface area contributed by atoms with Gasteiger partial charge in [0.25, 0.3) is 5.56 Å². The third-order valence-electron chi connectivity index (χ3n) is 6.86. The third kappa shape index (κ3) is 4.27. The van der Waals surface area contributed by atoms with Gasteiger partial charge in [0.1, 0.15) is 11.8 Å². The number of benzene rings is 3. The zero-order chi connectivity index (χ0) is 27.1. The molecule has 0 radical (unpaired) electrons. The molecule has 3 heterocycles. The van der Waals surface area contributed by atoms with Crippen LogP contribution in [-0.4, -0.2) is 28.7 Å². The number of para-hydroxylation sites is 2. The van der Waals surface area contributed by atoms with Gasteiger partial charge in [0.2, 0.25) is 0 Å². The average molecular weight is 538 g/mol. The lowest BCUT2D eigenvalue weighted by Crippen LogP contribution is -2.40. The number of carbonyl (C=O) groups is 1. The molecule has 2 aromatic heterocycles. The highest BCUT2D eigenvalue weighted by Gasteiger charge is 2.35. The Morgan fingerprint density at radius 3 is 2.62 bits per heavy atom. The van der Waals surface area contributed by atoms with Gasteiger partial charge in [-0.25, -0.2) is 9.79 Å². The lowest BCUT2D eigenvalue weighted by atomic mass is 9.95. The fourth-order valence-electron chi connectivity index (χ4n) is 5.19. The number of hydrogen-bond donors (Lipinski definition) is 1. The zero-order valence-electron chi connectivity index (χ0n) is 21.9. The fourth-order valence-corrected chi connectivity index (χ4v) is 6.23. The van der Waals surface area contributed by atoms with Gasteiger partial charge in [-0.3, -0.25) is 9.36 Å². The number of carbonyl (C=O) groups excluding carboxylic acids is 1. The number of esters is 1. The highest BCUT2D eigenvalue weighted by atomic mass is 32.1. The van der Waals surface area contributed by atoms with Crippen LogP contribution >= 0.6 is 11.3 Å². The van der Waals surface area contributed by atoms with Crippen molar-refractivity contribution in [1.29, 1.82) is 0 Å². The molecule has 196 valence electrons. The molecule has 1 aliphatic rings. The second kappa shape index (κ2) is 10.0. The quantitative estimate of drug-likeness (QED) is 0.315. The molecule has 0 saturated heterocycles. The smallest absolute Gasteiger partial charge is 0.338 e. The summed E-state index contributed by atoms with van der Waals surface area (Å²) >= 11 is 1.31. The summed E-state index contributed by atoms with van der Waals surface area (Å²) in [6, 6.07) is 21.0. The van der Waals surface area contributed by atoms with Crippen molar-refractivity contribution in [3.05, 3.63) is 109 Å². The molecule has 1 N–H and O–H groups in total. The molecule has 1 aliphatic heterocycles. The zero-order valence-corrected chi connectivity index (χ0v) is 22.7. The Labute approximate surface area is 228 Å². The van der Waals surface area contributed by atoms with Crippen molar-refractivity contribution in [2.45, 2.75) is 26.8 Å². The van der Waals surface area contributed by atoms with Crippen LogP contribution in [0.15, 0.2) is 87.8 Å². The predicted molar refractivity (Wildman–Crippen MR) is 154 cm³/mol. The molecule has 0 spiro atoms. The van der Waals surface area contributed by atoms with Gasteiger partial charge >= 0.3 is 5.97 Å². The van der Waals surface area contributed by atoms with E-state index >= 15 is 0 Å². The van der Waals surface area contributed by atoms with Gasteiger partial charge in [-0.2, -0.15) is 0 Å². The van der Waals surface area contributed by atoms with Gasteiger partial charge in [0, 0.05) is 27.4 Å². The van der Waals surface area contributed by atoms with E-state index in [4.69, 9.17) is 9.47 Å². The van der Waals surface area contributed by atoms with Crippen molar-refractivity contribution >= 4 is 45.2 Å². The summed E-state index contributed by atoms with van der Waals surface area (Å²) in [5.74, 6) is 0.120. The summed E-state index contributed by atoms with van der Waals surface area (Å²) in [4.78, 5) is 35.8. The molecular formula is C31H27N3O4S. The second-order valence-electron chi connectivity index (χ2n) is 9.25. The maximum absolute atomic E-state index is 14.0. The van der Waals surface area contributed by atoms with E-state index in [-0.39, 0.29) is 12.2 Å². The summed E-state index contributed by atoms with van der Waals surface area (Å²) in [5.41, 5.74) is 4.37. The number of nitrogens with zero attached hydrogens (tertiary/aromatic N) is 2. The minimum Gasteiger partial charge on any atom is -0.494 e. The van der Waals surface area contributed by atoms with Gasteiger partial charge in [-0.15, -0.1) is 0 Å². The number of allylic oxidation sites excluding steroid dienone is 1. The monoisotopic (exact) mass is 537 g/mol. The predicted octanol–water partition coefficient (Wildman–Crippen LogP) is 4.83. The largest absolute Gasteiger partial charge is 0.494 e. The van der Waals surface area contributed by atoms with Crippen LogP contribution in [0, 0.1) is 0 Å². The van der Waals surface area contributed by atoms with Gasteiger partial charge in [0.05, 0.1) is 29.0 Å². The number of rotatable bonds is 6. The number of H-pyrrole nitrogens is 1. The van der Waals surface area contributed by atoms with Crippen LogP contribution in [0.25, 0.3) is 27.9 Å². The van der Waals surface area contributed by atoms with Gasteiger partial charge < -0.3 is 14.5 Å². The van der Waals surface area contributed by atoms with Crippen molar-refractivity contribution in [1.82, 2.24) is 9.55 Å². The summed E-state index contributed by atoms with van der Waals surface area (Å²) < 4.78 is 13.4. The first-order valence-corrected chi connectivity index (χ1v) is 13.7. The highest BCUT2D eigenvalue weighted by Crippen LogP contribution is 2.36. The van der Waals surface area contributed by atoms with E-state index in [2.05, 4.69) is 28.2 Å². The van der Waals surface area contributed by atoms with Crippen LogP contribution in [0.3, 0.4) is 0 Å². The topological polar surface area (TPSA) is 85.7 Å². The number of thiazole rings is 1. The van der Waals surface area contributed by atoms with Crippen LogP contribution < -0.4 is 19.6 Å². The van der Waals surface area contributed by atoms with E-state index in [9.17, 15) is 9.59 Å². The van der Waals surface area contributed by atoms with E-state index in [0.29, 0.717) is 38.5 Å². The first-order valence-electron chi connectivity index (χ1n) is 12.9. The van der Waals surface area contributed by atoms with Crippen LogP contribution in [0.4, 0.5) is 0 Å². The number of hydrogen-bond acceptors (Lipinski definition) is 6. The van der Waals surface area contributed by atoms with E-state index in [1.807, 2.05) is 61.5 Å². The summed E-state index contributed by atoms with van der Waals surface area (Å²) in [7, 11) is 0. The Morgan fingerprint density at radius 1 is 1.03 bits per heavy atom. The number of aromatic nitrogens is 2. The van der Waals surface area contributed by atoms with Crippen molar-refractivity contribution in [2.24, 2.45) is 4.99 Å². The third-order valence-corrected chi connectivity index (χ3v) is 7.84. The minimum absolute atomic E-state index is 0.218. The molecule has 3 aromatic carbocycles. The highest BCUT2D eigenvalue weighted by molar-refractivity contribution is 7.07. The number of fused-ring (bicyclic) bond motifs is 4. The molecule has 0 bridgehead atoms. The Hall–Kier alpha value is -4.43. The van der Waals surface area contributed by atoms with E-state index in [0.717, 1.165) is 27.4 Å². The second-order valence-corrected chi connectivity index (χ2v) is 10.3.